The number of ether oxygens (including phenoxy) is 1. The third-order valence-electron chi connectivity index (χ3n) is 4.46. The second-order valence-corrected chi connectivity index (χ2v) is 6.52. The SMILES string of the molecule is O=C=Nc1ccc(/C=C2/CCC/C(=C\c3ccc(OC(F)=C(F)F)cc3)C2=O)cc1. The third kappa shape index (κ3) is 5.43. The molecule has 0 spiro atoms. The summed E-state index contributed by atoms with van der Waals surface area (Å²) in [4.78, 5) is 26.6. The van der Waals surface area contributed by atoms with Gasteiger partial charge >= 0.3 is 12.1 Å². The number of Topliss-reactive ketones (excluding diaryl/α,β-unsaturated/α-hetero) is 1. The molecule has 4 nitrogen and oxygen atoms in total. The van der Waals surface area contributed by atoms with Crippen LogP contribution in [0.3, 0.4) is 0 Å². The van der Waals surface area contributed by atoms with Gasteiger partial charge < -0.3 is 4.74 Å². The lowest BCUT2D eigenvalue weighted by atomic mass is 9.87. The van der Waals surface area contributed by atoms with Gasteiger partial charge in [-0.15, -0.1) is 0 Å². The van der Waals surface area contributed by atoms with Crippen LogP contribution in [0.2, 0.25) is 0 Å². The van der Waals surface area contributed by atoms with Crippen LogP contribution in [0.1, 0.15) is 30.4 Å². The molecule has 1 aliphatic rings. The Hall–Kier alpha value is -3.70. The van der Waals surface area contributed by atoms with Crippen LogP contribution in [0.4, 0.5) is 18.9 Å². The van der Waals surface area contributed by atoms with Gasteiger partial charge in [0, 0.05) is 11.1 Å². The summed E-state index contributed by atoms with van der Waals surface area (Å²) in [6.07, 6.45) is 4.55. The van der Waals surface area contributed by atoms with Crippen molar-refractivity contribution in [3.63, 3.8) is 0 Å². The van der Waals surface area contributed by atoms with Crippen molar-refractivity contribution in [2.45, 2.75) is 19.3 Å². The predicted octanol–water partition coefficient (Wildman–Crippen LogP) is 6.29. The molecule has 0 bridgehead atoms. The van der Waals surface area contributed by atoms with Gasteiger partial charge in [-0.3, -0.25) is 4.79 Å². The summed E-state index contributed by atoms with van der Waals surface area (Å²) in [6.45, 7) is 0. The zero-order valence-electron chi connectivity index (χ0n) is 15.7. The highest BCUT2D eigenvalue weighted by atomic mass is 19.3. The lowest BCUT2D eigenvalue weighted by Crippen LogP contribution is -2.12. The number of allylic oxidation sites excluding steroid dienone is 2. The molecular formula is C23H16F3NO3. The van der Waals surface area contributed by atoms with Crippen LogP contribution in [0, 0.1) is 0 Å². The van der Waals surface area contributed by atoms with Gasteiger partial charge in [-0.2, -0.15) is 18.2 Å². The molecule has 0 saturated heterocycles. The first-order chi connectivity index (χ1) is 14.5. The van der Waals surface area contributed by atoms with Gasteiger partial charge in [-0.1, -0.05) is 24.3 Å². The zero-order chi connectivity index (χ0) is 21.5. The highest BCUT2D eigenvalue weighted by Gasteiger charge is 2.20. The molecule has 2 aromatic carbocycles. The van der Waals surface area contributed by atoms with Gasteiger partial charge in [0.1, 0.15) is 5.75 Å². The molecule has 0 amide bonds. The number of carbonyl (C=O) groups excluding carboxylic acids is 2. The van der Waals surface area contributed by atoms with Crippen LogP contribution >= 0.6 is 0 Å². The van der Waals surface area contributed by atoms with Crippen molar-refractivity contribution >= 4 is 29.7 Å². The quantitative estimate of drug-likeness (QED) is 0.252. The highest BCUT2D eigenvalue weighted by Crippen LogP contribution is 2.29. The lowest BCUT2D eigenvalue weighted by Gasteiger charge is -2.16. The van der Waals surface area contributed by atoms with Crippen LogP contribution in [0.25, 0.3) is 12.2 Å². The van der Waals surface area contributed by atoms with Gasteiger partial charge in [0.2, 0.25) is 6.08 Å². The van der Waals surface area contributed by atoms with Crippen molar-refractivity contribution in [1.29, 1.82) is 0 Å². The number of hydrogen-bond donors (Lipinski definition) is 0. The van der Waals surface area contributed by atoms with E-state index < -0.39 is 12.1 Å². The molecule has 1 fully saturated rings. The summed E-state index contributed by atoms with van der Waals surface area (Å²) in [5.74, 6) is -0.134. The number of aliphatic imine (C=N–C) groups is 1. The molecule has 3 rings (SSSR count). The molecule has 0 radical (unpaired) electrons. The number of benzene rings is 2. The number of carbonyl (C=O) groups is 1. The van der Waals surface area contributed by atoms with E-state index >= 15 is 0 Å². The van der Waals surface area contributed by atoms with Crippen molar-refractivity contribution in [3.8, 4) is 5.75 Å². The van der Waals surface area contributed by atoms with Crippen molar-refractivity contribution in [2.75, 3.05) is 0 Å². The molecule has 30 heavy (non-hydrogen) atoms. The first kappa shape index (κ1) is 21.0. The molecule has 152 valence electrons. The fourth-order valence-corrected chi connectivity index (χ4v) is 3.05. The summed E-state index contributed by atoms with van der Waals surface area (Å²) >= 11 is 0. The van der Waals surface area contributed by atoms with E-state index in [1.807, 2.05) is 0 Å². The standard InChI is InChI=1S/C23H16F3NO3/c24-22(25)23(26)30-20-10-6-16(7-11-20)13-18-3-1-2-17(21(18)29)12-15-4-8-19(9-5-15)27-14-28/h4-13H,1-3H2/b17-12-,18-13+. The normalized spacial score (nSPS) is 16.3. The molecule has 0 aromatic heterocycles. The molecule has 0 heterocycles. The fraction of sp³-hybridized carbons (Fsp3) is 0.130. The number of ketones is 1. The lowest BCUT2D eigenvalue weighted by molar-refractivity contribution is -0.112. The number of nitrogens with zero attached hydrogens (tertiary/aromatic N) is 1. The molecule has 7 heteroatoms. The minimum absolute atomic E-state index is 0.0648. The molecular weight excluding hydrogens is 395 g/mol. The second kappa shape index (κ2) is 9.67. The number of halogens is 3. The molecule has 1 saturated carbocycles. The molecule has 2 aromatic rings. The average Bonchev–Trinajstić information content (AvgIpc) is 2.74. The van der Waals surface area contributed by atoms with Gasteiger partial charge in [0.15, 0.2) is 5.78 Å². The van der Waals surface area contributed by atoms with E-state index in [1.54, 1.807) is 48.6 Å². The summed E-state index contributed by atoms with van der Waals surface area (Å²) < 4.78 is 41.4. The Morgan fingerprint density at radius 3 is 1.93 bits per heavy atom. The van der Waals surface area contributed by atoms with Crippen LogP contribution in [0.15, 0.2) is 76.8 Å². The fourth-order valence-electron chi connectivity index (χ4n) is 3.05. The van der Waals surface area contributed by atoms with E-state index in [0.29, 0.717) is 35.2 Å². The minimum atomic E-state index is -2.53. The van der Waals surface area contributed by atoms with E-state index in [-0.39, 0.29) is 11.5 Å². The summed E-state index contributed by atoms with van der Waals surface area (Å²) in [6, 6.07) is 10.7. The smallest absolute Gasteiger partial charge is 0.344 e. The first-order valence-corrected chi connectivity index (χ1v) is 9.09. The Labute approximate surface area is 170 Å². The van der Waals surface area contributed by atoms with Gasteiger partial charge in [0.25, 0.3) is 0 Å². The van der Waals surface area contributed by atoms with E-state index in [0.717, 1.165) is 12.0 Å². The average molecular weight is 411 g/mol. The largest absolute Gasteiger partial charge is 0.428 e. The molecule has 0 unspecified atom stereocenters. The van der Waals surface area contributed by atoms with Crippen molar-refractivity contribution in [3.05, 3.63) is 82.9 Å². The number of rotatable bonds is 5. The Kier molecular flexibility index (Phi) is 6.78. The van der Waals surface area contributed by atoms with Crippen LogP contribution < -0.4 is 4.74 Å². The number of isocyanates is 1. The van der Waals surface area contributed by atoms with Crippen molar-refractivity contribution in [2.24, 2.45) is 4.99 Å². The monoisotopic (exact) mass is 411 g/mol. The maximum atomic E-state index is 12.8. The first-order valence-electron chi connectivity index (χ1n) is 9.09. The van der Waals surface area contributed by atoms with Crippen LogP contribution in [-0.2, 0) is 9.59 Å². The third-order valence-corrected chi connectivity index (χ3v) is 4.46. The molecule has 0 N–H and O–H groups in total. The Bertz CT molecular complexity index is 1070. The minimum Gasteiger partial charge on any atom is -0.428 e. The predicted molar refractivity (Wildman–Crippen MR) is 106 cm³/mol. The summed E-state index contributed by atoms with van der Waals surface area (Å²) in [5, 5.41) is 0. The highest BCUT2D eigenvalue weighted by molar-refractivity contribution is 6.13. The number of hydrogen-bond acceptors (Lipinski definition) is 4. The van der Waals surface area contributed by atoms with Gasteiger partial charge in [-0.05, 0) is 66.8 Å². The molecule has 1 aliphatic carbocycles. The van der Waals surface area contributed by atoms with Crippen LogP contribution in [0.5, 0.6) is 5.75 Å². The molecule has 0 aliphatic heterocycles. The van der Waals surface area contributed by atoms with E-state index in [4.69, 9.17) is 0 Å². The van der Waals surface area contributed by atoms with E-state index in [9.17, 15) is 22.8 Å². The van der Waals surface area contributed by atoms with E-state index in [2.05, 4.69) is 9.73 Å². The Morgan fingerprint density at radius 1 is 0.900 bits per heavy atom. The zero-order valence-corrected chi connectivity index (χ0v) is 15.7. The Balaban J connectivity index is 1.76. The summed E-state index contributed by atoms with van der Waals surface area (Å²) in [5.41, 5.74) is 3.28. The maximum absolute atomic E-state index is 12.8. The van der Waals surface area contributed by atoms with E-state index in [1.165, 1.54) is 18.2 Å². The van der Waals surface area contributed by atoms with Crippen LogP contribution in [-0.4, -0.2) is 11.9 Å². The Morgan fingerprint density at radius 2 is 1.43 bits per heavy atom. The van der Waals surface area contributed by atoms with Crippen molar-refractivity contribution < 1.29 is 27.5 Å². The van der Waals surface area contributed by atoms with Gasteiger partial charge in [-0.25, -0.2) is 4.79 Å². The van der Waals surface area contributed by atoms with Gasteiger partial charge in [0.05, 0.1) is 5.69 Å². The van der Waals surface area contributed by atoms with Crippen molar-refractivity contribution in [1.82, 2.24) is 0 Å². The topological polar surface area (TPSA) is 55.7 Å². The maximum Gasteiger partial charge on any atom is 0.344 e. The second-order valence-electron chi connectivity index (χ2n) is 6.52. The molecule has 0 atom stereocenters. The summed E-state index contributed by atoms with van der Waals surface area (Å²) in [7, 11) is 0.